The highest BCUT2D eigenvalue weighted by molar-refractivity contribution is 6.35. The van der Waals surface area contributed by atoms with Gasteiger partial charge in [0.15, 0.2) is 0 Å². The maximum absolute atomic E-state index is 11.7. The molecule has 1 aliphatic heterocycles. The number of imide groups is 1. The predicted octanol–water partition coefficient (Wildman–Crippen LogP) is 2.31. The Labute approximate surface area is 124 Å². The summed E-state index contributed by atoms with van der Waals surface area (Å²) in [5.41, 5.74) is 0.319. The van der Waals surface area contributed by atoms with E-state index in [4.69, 9.17) is 23.2 Å². The largest absolute Gasteiger partial charge is 0.326 e. The van der Waals surface area contributed by atoms with Gasteiger partial charge in [0.1, 0.15) is 11.5 Å². The lowest BCUT2D eigenvalue weighted by Gasteiger charge is -2.19. The second kappa shape index (κ2) is 5.98. The third-order valence-electron chi connectivity index (χ3n) is 2.42. The van der Waals surface area contributed by atoms with Crippen LogP contribution in [-0.2, 0) is 4.79 Å². The summed E-state index contributed by atoms with van der Waals surface area (Å²) < 4.78 is 0. The molecule has 1 aromatic carbocycles. The predicted molar refractivity (Wildman–Crippen MR) is 74.8 cm³/mol. The van der Waals surface area contributed by atoms with Gasteiger partial charge < -0.3 is 0 Å². The summed E-state index contributed by atoms with van der Waals surface area (Å²) >= 11 is 11.8. The van der Waals surface area contributed by atoms with Gasteiger partial charge in [-0.15, -0.1) is 0 Å². The van der Waals surface area contributed by atoms with Crippen molar-refractivity contribution in [3.8, 4) is 0 Å². The van der Waals surface area contributed by atoms with Crippen molar-refractivity contribution >= 4 is 46.7 Å². The molecule has 3 amide bonds. The molecule has 0 bridgehead atoms. The first kappa shape index (κ1) is 14.4. The molecule has 1 heterocycles. The number of carbonyl (C=O) groups excluding carboxylic acids is 2. The summed E-state index contributed by atoms with van der Waals surface area (Å²) in [6.07, 6.45) is 0. The van der Waals surface area contributed by atoms with E-state index in [0.717, 1.165) is 0 Å². The maximum atomic E-state index is 11.7. The molecule has 20 heavy (non-hydrogen) atoms. The molecular weight excluding hydrogens is 305 g/mol. The van der Waals surface area contributed by atoms with Gasteiger partial charge in [-0.05, 0) is 18.2 Å². The third-order valence-corrected chi connectivity index (χ3v) is 2.97. The molecule has 104 valence electrons. The molecule has 0 saturated carbocycles. The van der Waals surface area contributed by atoms with Gasteiger partial charge in [-0.1, -0.05) is 23.2 Å². The van der Waals surface area contributed by atoms with E-state index in [-0.39, 0.29) is 5.84 Å². The topological polar surface area (TPSA) is 95.3 Å². The summed E-state index contributed by atoms with van der Waals surface area (Å²) in [7, 11) is 1.43. The van der Waals surface area contributed by atoms with Crippen LogP contribution < -0.4 is 10.6 Å². The second-order valence-electron chi connectivity index (χ2n) is 3.77. The first-order valence-corrected chi connectivity index (χ1v) is 6.21. The van der Waals surface area contributed by atoms with Crippen LogP contribution in [0.4, 0.5) is 10.5 Å². The van der Waals surface area contributed by atoms with Gasteiger partial charge in [0.2, 0.25) is 6.04 Å². The lowest BCUT2D eigenvalue weighted by molar-refractivity contribution is -0.120. The number of hydrogen-bond acceptors (Lipinski definition) is 5. The van der Waals surface area contributed by atoms with Crippen LogP contribution in [0.15, 0.2) is 33.4 Å². The summed E-state index contributed by atoms with van der Waals surface area (Å²) in [5, 5.41) is 13.0. The van der Waals surface area contributed by atoms with Crippen LogP contribution >= 0.6 is 23.2 Å². The molecular formula is C11H9Cl2N5O2. The van der Waals surface area contributed by atoms with E-state index >= 15 is 0 Å². The minimum Gasteiger partial charge on any atom is -0.294 e. The van der Waals surface area contributed by atoms with Crippen LogP contribution in [0.5, 0.6) is 0 Å². The number of amidine groups is 1. The van der Waals surface area contributed by atoms with Gasteiger partial charge in [0, 0.05) is 12.1 Å². The maximum Gasteiger partial charge on any atom is 0.326 e. The zero-order valence-corrected chi connectivity index (χ0v) is 11.7. The molecule has 1 atom stereocenters. The standard InChI is InChI=1S/C11H9Cl2N5O2/c1-14-9-8(10(19)16-11(20)15-9)18-17-7-4-5(12)2-3-6(7)13/h2-4,8H,1H3,(H2,14,15,16,19,20). The number of benzene rings is 1. The number of amides is 3. The van der Waals surface area contributed by atoms with Gasteiger partial charge in [-0.3, -0.25) is 20.4 Å². The van der Waals surface area contributed by atoms with Gasteiger partial charge in [0.05, 0.1) is 5.02 Å². The van der Waals surface area contributed by atoms with Crippen molar-refractivity contribution in [3.63, 3.8) is 0 Å². The summed E-state index contributed by atoms with van der Waals surface area (Å²) in [4.78, 5) is 26.6. The Morgan fingerprint density at radius 1 is 1.20 bits per heavy atom. The first-order valence-electron chi connectivity index (χ1n) is 5.45. The summed E-state index contributed by atoms with van der Waals surface area (Å²) in [6.45, 7) is 0. The van der Waals surface area contributed by atoms with E-state index in [9.17, 15) is 9.59 Å². The summed E-state index contributed by atoms with van der Waals surface area (Å²) in [6, 6.07) is 3.00. The van der Waals surface area contributed by atoms with Gasteiger partial charge in [-0.25, -0.2) is 4.79 Å². The fourth-order valence-electron chi connectivity index (χ4n) is 1.49. The Hall–Kier alpha value is -1.99. The monoisotopic (exact) mass is 313 g/mol. The normalized spacial score (nSPS) is 21.1. The number of aliphatic imine (C=N–C) groups is 1. The Morgan fingerprint density at radius 2 is 1.95 bits per heavy atom. The van der Waals surface area contributed by atoms with Crippen molar-refractivity contribution in [1.82, 2.24) is 10.6 Å². The molecule has 1 aliphatic rings. The minimum atomic E-state index is -1.03. The van der Waals surface area contributed by atoms with Crippen molar-refractivity contribution in [2.75, 3.05) is 7.05 Å². The molecule has 1 fully saturated rings. The molecule has 0 spiro atoms. The SMILES string of the molecule is CN=C1NC(=O)NC(=O)C1N=Nc1cc(Cl)ccc1Cl. The molecule has 0 aliphatic carbocycles. The van der Waals surface area contributed by atoms with E-state index in [2.05, 4.69) is 25.9 Å². The molecule has 2 rings (SSSR count). The lowest BCUT2D eigenvalue weighted by atomic mass is 10.2. The van der Waals surface area contributed by atoms with E-state index < -0.39 is 18.0 Å². The summed E-state index contributed by atoms with van der Waals surface area (Å²) in [5.74, 6) is -0.503. The fourth-order valence-corrected chi connectivity index (χ4v) is 1.81. The van der Waals surface area contributed by atoms with E-state index in [0.29, 0.717) is 15.7 Å². The average molecular weight is 314 g/mol. The number of urea groups is 1. The Kier molecular flexibility index (Phi) is 4.31. The Balaban J connectivity index is 2.27. The zero-order chi connectivity index (χ0) is 14.7. The number of azo groups is 1. The van der Waals surface area contributed by atoms with Crippen LogP contribution in [0.1, 0.15) is 0 Å². The smallest absolute Gasteiger partial charge is 0.294 e. The number of nitrogens with one attached hydrogen (secondary N) is 2. The van der Waals surface area contributed by atoms with Crippen LogP contribution in [0.2, 0.25) is 10.0 Å². The number of nitrogens with zero attached hydrogens (tertiary/aromatic N) is 3. The third kappa shape index (κ3) is 3.12. The highest BCUT2D eigenvalue weighted by Gasteiger charge is 2.32. The molecule has 0 radical (unpaired) electrons. The van der Waals surface area contributed by atoms with Gasteiger partial charge in [-0.2, -0.15) is 10.2 Å². The van der Waals surface area contributed by atoms with E-state index in [1.165, 1.54) is 13.1 Å². The van der Waals surface area contributed by atoms with Gasteiger partial charge >= 0.3 is 6.03 Å². The minimum absolute atomic E-state index is 0.112. The van der Waals surface area contributed by atoms with Crippen LogP contribution in [-0.4, -0.2) is 30.9 Å². The quantitative estimate of drug-likeness (QED) is 0.819. The Morgan fingerprint density at radius 3 is 2.65 bits per heavy atom. The number of hydrogen-bond donors (Lipinski definition) is 2. The van der Waals surface area contributed by atoms with Crippen molar-refractivity contribution in [2.24, 2.45) is 15.2 Å². The molecule has 1 aromatic rings. The van der Waals surface area contributed by atoms with Crippen molar-refractivity contribution < 1.29 is 9.59 Å². The molecule has 1 unspecified atom stereocenters. The number of carbonyl (C=O) groups is 2. The zero-order valence-electron chi connectivity index (χ0n) is 10.2. The number of rotatable bonds is 2. The molecule has 9 heteroatoms. The molecule has 0 aromatic heterocycles. The van der Waals surface area contributed by atoms with Crippen molar-refractivity contribution in [3.05, 3.63) is 28.2 Å². The molecule has 1 saturated heterocycles. The highest BCUT2D eigenvalue weighted by atomic mass is 35.5. The number of halogens is 2. The highest BCUT2D eigenvalue weighted by Crippen LogP contribution is 2.28. The van der Waals surface area contributed by atoms with Gasteiger partial charge in [0.25, 0.3) is 5.91 Å². The van der Waals surface area contributed by atoms with Crippen LogP contribution in [0.3, 0.4) is 0 Å². The second-order valence-corrected chi connectivity index (χ2v) is 4.61. The van der Waals surface area contributed by atoms with Crippen molar-refractivity contribution in [1.29, 1.82) is 0 Å². The van der Waals surface area contributed by atoms with E-state index in [1.54, 1.807) is 12.1 Å². The van der Waals surface area contributed by atoms with E-state index in [1.807, 2.05) is 0 Å². The fraction of sp³-hybridized carbons (Fsp3) is 0.182. The average Bonchev–Trinajstić information content (AvgIpc) is 2.40. The van der Waals surface area contributed by atoms with Crippen molar-refractivity contribution in [2.45, 2.75) is 6.04 Å². The molecule has 7 nitrogen and oxygen atoms in total. The molecule has 2 N–H and O–H groups in total. The van der Waals surface area contributed by atoms with Crippen LogP contribution in [0.25, 0.3) is 0 Å². The van der Waals surface area contributed by atoms with Crippen LogP contribution in [0, 0.1) is 0 Å². The first-order chi connectivity index (χ1) is 9.51. The Bertz CT molecular complexity index is 629. The lowest BCUT2D eigenvalue weighted by Crippen LogP contribution is -2.57.